The van der Waals surface area contributed by atoms with Gasteiger partial charge in [0.2, 0.25) is 0 Å². The van der Waals surface area contributed by atoms with Crippen molar-refractivity contribution in [2.24, 2.45) is 5.73 Å². The molecule has 16 heavy (non-hydrogen) atoms. The number of rotatable bonds is 3. The van der Waals surface area contributed by atoms with Gasteiger partial charge < -0.3 is 10.3 Å². The molecule has 1 aromatic heterocycles. The van der Waals surface area contributed by atoms with Crippen molar-refractivity contribution in [3.05, 3.63) is 54.1 Å². The molecule has 1 fully saturated rings. The molecule has 82 valence electrons. The summed E-state index contributed by atoms with van der Waals surface area (Å²) in [5, 5.41) is 0. The lowest BCUT2D eigenvalue weighted by Gasteiger charge is -2.05. The molecular weight excluding hydrogens is 198 g/mol. The fourth-order valence-electron chi connectivity index (χ4n) is 2.34. The Hall–Kier alpha value is -1.61. The van der Waals surface area contributed by atoms with Crippen LogP contribution in [0.25, 0.3) is 0 Å². The van der Waals surface area contributed by atoms with Crippen molar-refractivity contribution in [3.63, 3.8) is 0 Å². The Bertz CT molecular complexity index is 475. The third-order valence-electron chi connectivity index (χ3n) is 3.30. The Kier molecular flexibility index (Phi) is 2.26. The van der Waals surface area contributed by atoms with Gasteiger partial charge in [0, 0.05) is 24.7 Å². The highest BCUT2D eigenvalue weighted by molar-refractivity contribution is 5.27. The predicted octanol–water partition coefficient (Wildman–Crippen LogP) is 2.07. The van der Waals surface area contributed by atoms with Crippen molar-refractivity contribution in [3.8, 4) is 0 Å². The Morgan fingerprint density at radius 1 is 1.31 bits per heavy atom. The molecule has 3 rings (SSSR count). The molecule has 0 bridgehead atoms. The van der Waals surface area contributed by atoms with Gasteiger partial charge in [-0.3, -0.25) is 0 Å². The van der Waals surface area contributed by atoms with Crippen LogP contribution in [0.3, 0.4) is 0 Å². The second kappa shape index (κ2) is 3.76. The minimum absolute atomic E-state index is 0.559. The van der Waals surface area contributed by atoms with Crippen molar-refractivity contribution in [2.45, 2.75) is 24.9 Å². The maximum absolute atomic E-state index is 5.68. The minimum atomic E-state index is 0.559. The summed E-state index contributed by atoms with van der Waals surface area (Å²) in [4.78, 5) is 4.17. The molecule has 2 unspecified atom stereocenters. The lowest BCUT2D eigenvalue weighted by Crippen LogP contribution is -2.05. The first-order chi connectivity index (χ1) is 7.90. The van der Waals surface area contributed by atoms with E-state index in [9.17, 15) is 0 Å². The van der Waals surface area contributed by atoms with Gasteiger partial charge in [-0.15, -0.1) is 0 Å². The van der Waals surface area contributed by atoms with Crippen LogP contribution >= 0.6 is 0 Å². The largest absolute Gasteiger partial charge is 0.330 e. The van der Waals surface area contributed by atoms with Crippen LogP contribution < -0.4 is 5.73 Å². The second-order valence-electron chi connectivity index (χ2n) is 4.32. The second-order valence-corrected chi connectivity index (χ2v) is 4.32. The molecule has 1 heterocycles. The van der Waals surface area contributed by atoms with Crippen LogP contribution in [-0.4, -0.2) is 9.55 Å². The van der Waals surface area contributed by atoms with Gasteiger partial charge >= 0.3 is 0 Å². The molecule has 1 aliphatic rings. The number of aromatic nitrogens is 2. The van der Waals surface area contributed by atoms with Gasteiger partial charge in [0.05, 0.1) is 12.0 Å². The van der Waals surface area contributed by atoms with Gasteiger partial charge in [-0.2, -0.15) is 0 Å². The Morgan fingerprint density at radius 3 is 2.88 bits per heavy atom. The lowest BCUT2D eigenvalue weighted by molar-refractivity contribution is 0.675. The van der Waals surface area contributed by atoms with Crippen LogP contribution in [0.2, 0.25) is 0 Å². The normalized spacial score (nSPS) is 23.3. The smallest absolute Gasteiger partial charge is 0.0951 e. The highest BCUT2D eigenvalue weighted by Crippen LogP contribution is 2.51. The molecule has 2 aromatic rings. The fraction of sp³-hybridized carbons (Fsp3) is 0.308. The van der Waals surface area contributed by atoms with E-state index >= 15 is 0 Å². The van der Waals surface area contributed by atoms with Gasteiger partial charge in [0.1, 0.15) is 0 Å². The van der Waals surface area contributed by atoms with E-state index in [2.05, 4.69) is 39.9 Å². The fourth-order valence-corrected chi connectivity index (χ4v) is 2.34. The predicted molar refractivity (Wildman–Crippen MR) is 63.0 cm³/mol. The molecule has 0 spiro atoms. The van der Waals surface area contributed by atoms with Gasteiger partial charge in [-0.1, -0.05) is 30.3 Å². The Balaban J connectivity index is 1.82. The van der Waals surface area contributed by atoms with E-state index in [-0.39, 0.29) is 0 Å². The Labute approximate surface area is 94.9 Å². The van der Waals surface area contributed by atoms with Crippen LogP contribution in [-0.2, 0) is 6.54 Å². The minimum Gasteiger partial charge on any atom is -0.330 e. The maximum Gasteiger partial charge on any atom is 0.0951 e. The molecule has 2 N–H and O–H groups in total. The summed E-state index contributed by atoms with van der Waals surface area (Å²) in [7, 11) is 0. The van der Waals surface area contributed by atoms with Crippen molar-refractivity contribution >= 4 is 0 Å². The van der Waals surface area contributed by atoms with E-state index in [0.717, 1.165) is 5.69 Å². The van der Waals surface area contributed by atoms with E-state index in [4.69, 9.17) is 5.73 Å². The first-order valence-electron chi connectivity index (χ1n) is 5.66. The van der Waals surface area contributed by atoms with Crippen molar-refractivity contribution in [1.82, 2.24) is 9.55 Å². The third kappa shape index (κ3) is 1.53. The summed E-state index contributed by atoms with van der Waals surface area (Å²) in [6.07, 6.45) is 4.96. The highest BCUT2D eigenvalue weighted by Gasteiger charge is 2.40. The number of hydrogen-bond donors (Lipinski definition) is 1. The van der Waals surface area contributed by atoms with Crippen molar-refractivity contribution < 1.29 is 0 Å². The molecule has 3 nitrogen and oxygen atoms in total. The van der Waals surface area contributed by atoms with Gasteiger partial charge in [0.15, 0.2) is 0 Å². The van der Waals surface area contributed by atoms with Crippen LogP contribution in [0.5, 0.6) is 0 Å². The first-order valence-corrected chi connectivity index (χ1v) is 5.66. The molecule has 0 radical (unpaired) electrons. The summed E-state index contributed by atoms with van der Waals surface area (Å²) in [6, 6.07) is 11.2. The quantitative estimate of drug-likeness (QED) is 0.848. The van der Waals surface area contributed by atoms with Crippen LogP contribution in [0.4, 0.5) is 0 Å². The topological polar surface area (TPSA) is 43.8 Å². The molecule has 2 atom stereocenters. The van der Waals surface area contributed by atoms with Gasteiger partial charge in [0.25, 0.3) is 0 Å². The van der Waals surface area contributed by atoms with Crippen LogP contribution in [0, 0.1) is 0 Å². The van der Waals surface area contributed by atoms with Crippen molar-refractivity contribution in [2.75, 3.05) is 0 Å². The number of hydrogen-bond acceptors (Lipinski definition) is 2. The van der Waals surface area contributed by atoms with E-state index in [1.54, 1.807) is 0 Å². The van der Waals surface area contributed by atoms with E-state index in [1.807, 2.05) is 12.5 Å². The van der Waals surface area contributed by atoms with Crippen LogP contribution in [0.1, 0.15) is 29.6 Å². The summed E-state index contributed by atoms with van der Waals surface area (Å²) in [5.41, 5.74) is 8.23. The van der Waals surface area contributed by atoms with E-state index in [1.165, 1.54) is 12.0 Å². The molecule has 1 aromatic carbocycles. The Morgan fingerprint density at radius 2 is 2.12 bits per heavy atom. The SMILES string of the molecule is NCc1cncn1C1CC1c1ccccc1. The lowest BCUT2D eigenvalue weighted by atomic mass is 10.1. The third-order valence-corrected chi connectivity index (χ3v) is 3.30. The molecule has 0 aliphatic heterocycles. The zero-order valence-corrected chi connectivity index (χ0v) is 9.08. The zero-order valence-electron chi connectivity index (χ0n) is 9.08. The standard InChI is InChI=1S/C13H15N3/c14-7-11-8-15-9-16(11)13-6-12(13)10-4-2-1-3-5-10/h1-5,8-9,12-13H,6-7,14H2. The van der Waals surface area contributed by atoms with Gasteiger partial charge in [-0.05, 0) is 12.0 Å². The summed E-state index contributed by atoms with van der Waals surface area (Å²) >= 11 is 0. The molecule has 1 aliphatic carbocycles. The molecular formula is C13H15N3. The number of nitrogens with two attached hydrogens (primary N) is 1. The zero-order chi connectivity index (χ0) is 11.0. The number of benzene rings is 1. The summed E-state index contributed by atoms with van der Waals surface area (Å²) < 4.78 is 2.22. The average Bonchev–Trinajstić information content (AvgIpc) is 3.00. The maximum atomic E-state index is 5.68. The molecule has 3 heteroatoms. The monoisotopic (exact) mass is 213 g/mol. The summed E-state index contributed by atoms with van der Waals surface area (Å²) in [5.74, 6) is 0.640. The van der Waals surface area contributed by atoms with Gasteiger partial charge in [-0.25, -0.2) is 4.98 Å². The summed E-state index contributed by atoms with van der Waals surface area (Å²) in [6.45, 7) is 0.567. The number of imidazole rings is 1. The average molecular weight is 213 g/mol. The number of nitrogens with zero attached hydrogens (tertiary/aromatic N) is 2. The van der Waals surface area contributed by atoms with Crippen molar-refractivity contribution in [1.29, 1.82) is 0 Å². The molecule has 0 saturated heterocycles. The first kappa shape index (κ1) is 9.60. The highest BCUT2D eigenvalue weighted by atomic mass is 15.1. The van der Waals surface area contributed by atoms with E-state index in [0.29, 0.717) is 18.5 Å². The van der Waals surface area contributed by atoms with Crippen LogP contribution in [0.15, 0.2) is 42.9 Å². The molecule has 1 saturated carbocycles. The van der Waals surface area contributed by atoms with E-state index < -0.39 is 0 Å². The molecule has 0 amide bonds.